The smallest absolute Gasteiger partial charge is 0.411 e. The topological polar surface area (TPSA) is 38.3 Å². The van der Waals surface area contributed by atoms with Crippen LogP contribution >= 0.6 is 0 Å². The molecule has 0 bridgehead atoms. The Hall–Kier alpha value is -1.58. The van der Waals surface area contributed by atoms with Crippen molar-refractivity contribution in [3.05, 3.63) is 29.6 Å². The van der Waals surface area contributed by atoms with Crippen molar-refractivity contribution < 1.29 is 13.9 Å². The van der Waals surface area contributed by atoms with Crippen molar-refractivity contribution in [1.29, 1.82) is 0 Å². The van der Waals surface area contributed by atoms with Gasteiger partial charge in [-0.25, -0.2) is 9.18 Å². The SMILES string of the molecule is COC(=O)Nc1ccc(C2CCC2)cc1F. The molecule has 0 aliphatic heterocycles. The molecule has 1 N–H and O–H groups in total. The summed E-state index contributed by atoms with van der Waals surface area (Å²) in [5, 5.41) is 2.33. The number of benzene rings is 1. The molecule has 16 heavy (non-hydrogen) atoms. The zero-order chi connectivity index (χ0) is 11.5. The minimum atomic E-state index is -0.657. The summed E-state index contributed by atoms with van der Waals surface area (Å²) in [4.78, 5) is 10.9. The number of carbonyl (C=O) groups excluding carboxylic acids is 1. The van der Waals surface area contributed by atoms with Crippen LogP contribution in [0.25, 0.3) is 0 Å². The molecule has 1 aromatic rings. The quantitative estimate of drug-likeness (QED) is 0.835. The highest BCUT2D eigenvalue weighted by Crippen LogP contribution is 2.37. The van der Waals surface area contributed by atoms with Gasteiger partial charge in [-0.1, -0.05) is 12.5 Å². The first kappa shape index (κ1) is 10.9. The number of ether oxygens (including phenoxy) is 1. The number of hydrogen-bond acceptors (Lipinski definition) is 2. The second-order valence-electron chi connectivity index (χ2n) is 3.98. The standard InChI is InChI=1S/C12H14FNO2/c1-16-12(15)14-11-6-5-9(7-10(11)13)8-3-2-4-8/h5-8H,2-4H2,1H3,(H,14,15). The molecule has 0 aromatic heterocycles. The number of nitrogens with one attached hydrogen (secondary N) is 1. The van der Waals surface area contributed by atoms with Crippen LogP contribution in [0.5, 0.6) is 0 Å². The fourth-order valence-corrected chi connectivity index (χ4v) is 1.79. The zero-order valence-corrected chi connectivity index (χ0v) is 9.13. The summed E-state index contributed by atoms with van der Waals surface area (Å²) >= 11 is 0. The van der Waals surface area contributed by atoms with E-state index in [1.165, 1.54) is 19.6 Å². The second kappa shape index (κ2) is 4.51. The molecule has 0 spiro atoms. The van der Waals surface area contributed by atoms with Gasteiger partial charge in [0.2, 0.25) is 0 Å². The Morgan fingerprint density at radius 3 is 2.75 bits per heavy atom. The van der Waals surface area contributed by atoms with Crippen LogP contribution in [0.2, 0.25) is 0 Å². The molecule has 1 aliphatic carbocycles. The first-order chi connectivity index (χ1) is 7.70. The molecule has 0 saturated heterocycles. The minimum Gasteiger partial charge on any atom is -0.453 e. The fourth-order valence-electron chi connectivity index (χ4n) is 1.79. The number of carbonyl (C=O) groups is 1. The Bertz CT molecular complexity index is 402. The summed E-state index contributed by atoms with van der Waals surface area (Å²) in [6.45, 7) is 0. The monoisotopic (exact) mass is 223 g/mol. The lowest BCUT2D eigenvalue weighted by Crippen LogP contribution is -2.13. The van der Waals surface area contributed by atoms with E-state index < -0.39 is 11.9 Å². The Morgan fingerprint density at radius 2 is 2.25 bits per heavy atom. The molecule has 1 amide bonds. The number of amides is 1. The number of methoxy groups -OCH3 is 1. The number of halogens is 1. The van der Waals surface area contributed by atoms with E-state index in [9.17, 15) is 9.18 Å². The summed E-state index contributed by atoms with van der Waals surface area (Å²) < 4.78 is 18.0. The van der Waals surface area contributed by atoms with Gasteiger partial charge in [-0.05, 0) is 36.5 Å². The average Bonchev–Trinajstić information content (AvgIpc) is 2.19. The molecule has 0 heterocycles. The highest BCUT2D eigenvalue weighted by atomic mass is 19.1. The van der Waals surface area contributed by atoms with Crippen molar-refractivity contribution in [2.24, 2.45) is 0 Å². The minimum absolute atomic E-state index is 0.162. The first-order valence-corrected chi connectivity index (χ1v) is 5.35. The average molecular weight is 223 g/mol. The Labute approximate surface area is 93.6 Å². The van der Waals surface area contributed by atoms with Crippen LogP contribution in [-0.4, -0.2) is 13.2 Å². The van der Waals surface area contributed by atoms with Gasteiger partial charge in [0.25, 0.3) is 0 Å². The maximum absolute atomic E-state index is 13.6. The van der Waals surface area contributed by atoms with Crippen molar-refractivity contribution >= 4 is 11.8 Å². The van der Waals surface area contributed by atoms with E-state index in [-0.39, 0.29) is 5.69 Å². The van der Waals surface area contributed by atoms with Crippen LogP contribution in [0.4, 0.5) is 14.9 Å². The number of hydrogen-bond donors (Lipinski definition) is 1. The van der Waals surface area contributed by atoms with E-state index in [1.807, 2.05) is 6.07 Å². The van der Waals surface area contributed by atoms with Crippen LogP contribution in [0, 0.1) is 5.82 Å². The van der Waals surface area contributed by atoms with Crippen LogP contribution in [0.15, 0.2) is 18.2 Å². The highest BCUT2D eigenvalue weighted by Gasteiger charge is 2.20. The summed E-state index contributed by atoms with van der Waals surface area (Å²) in [7, 11) is 1.25. The molecule has 0 atom stereocenters. The van der Waals surface area contributed by atoms with E-state index in [0.29, 0.717) is 5.92 Å². The summed E-state index contributed by atoms with van der Waals surface area (Å²) in [5.74, 6) is 0.0801. The summed E-state index contributed by atoms with van der Waals surface area (Å²) in [6.07, 6.45) is 2.82. The van der Waals surface area contributed by atoms with Crippen molar-refractivity contribution in [2.75, 3.05) is 12.4 Å². The molecule has 3 nitrogen and oxygen atoms in total. The molecule has 0 radical (unpaired) electrons. The second-order valence-corrected chi connectivity index (χ2v) is 3.98. The lowest BCUT2D eigenvalue weighted by molar-refractivity contribution is 0.187. The predicted molar refractivity (Wildman–Crippen MR) is 59.0 cm³/mol. The largest absolute Gasteiger partial charge is 0.453 e. The van der Waals surface area contributed by atoms with Gasteiger partial charge in [0, 0.05) is 0 Å². The van der Waals surface area contributed by atoms with E-state index >= 15 is 0 Å². The van der Waals surface area contributed by atoms with Gasteiger partial charge in [-0.2, -0.15) is 0 Å². The van der Waals surface area contributed by atoms with E-state index in [0.717, 1.165) is 18.4 Å². The van der Waals surface area contributed by atoms with Crippen LogP contribution in [0.3, 0.4) is 0 Å². The molecule has 1 fully saturated rings. The Morgan fingerprint density at radius 1 is 1.50 bits per heavy atom. The fraction of sp³-hybridized carbons (Fsp3) is 0.417. The Balaban J connectivity index is 2.12. The summed E-state index contributed by atoms with van der Waals surface area (Å²) in [5.41, 5.74) is 1.18. The van der Waals surface area contributed by atoms with Crippen molar-refractivity contribution in [1.82, 2.24) is 0 Å². The van der Waals surface area contributed by atoms with Crippen molar-refractivity contribution in [3.63, 3.8) is 0 Å². The van der Waals surface area contributed by atoms with Crippen molar-refractivity contribution in [3.8, 4) is 0 Å². The predicted octanol–water partition coefficient (Wildman–Crippen LogP) is 3.27. The maximum Gasteiger partial charge on any atom is 0.411 e. The van der Waals surface area contributed by atoms with Crippen molar-refractivity contribution in [2.45, 2.75) is 25.2 Å². The molecular formula is C12H14FNO2. The molecule has 0 unspecified atom stereocenters. The van der Waals surface area contributed by atoms with Gasteiger partial charge in [0.15, 0.2) is 0 Å². The van der Waals surface area contributed by atoms with Gasteiger partial charge in [0.1, 0.15) is 5.82 Å². The van der Waals surface area contributed by atoms with Crippen LogP contribution < -0.4 is 5.32 Å². The van der Waals surface area contributed by atoms with E-state index in [4.69, 9.17) is 0 Å². The lowest BCUT2D eigenvalue weighted by Gasteiger charge is -2.26. The summed E-state index contributed by atoms with van der Waals surface area (Å²) in [6, 6.07) is 4.94. The molecular weight excluding hydrogens is 209 g/mol. The van der Waals surface area contributed by atoms with Crippen LogP contribution in [-0.2, 0) is 4.74 Å². The van der Waals surface area contributed by atoms with Gasteiger partial charge in [-0.3, -0.25) is 5.32 Å². The number of rotatable bonds is 2. The van der Waals surface area contributed by atoms with E-state index in [1.54, 1.807) is 6.07 Å². The molecule has 1 aliphatic rings. The third kappa shape index (κ3) is 2.15. The third-order valence-corrected chi connectivity index (χ3v) is 2.99. The highest BCUT2D eigenvalue weighted by molar-refractivity contribution is 5.84. The van der Waals surface area contributed by atoms with Crippen LogP contribution in [0.1, 0.15) is 30.7 Å². The first-order valence-electron chi connectivity index (χ1n) is 5.35. The van der Waals surface area contributed by atoms with Gasteiger partial charge < -0.3 is 4.74 Å². The maximum atomic E-state index is 13.6. The number of anilines is 1. The molecule has 1 aromatic carbocycles. The normalized spacial score (nSPS) is 15.4. The molecule has 86 valence electrons. The van der Waals surface area contributed by atoms with Gasteiger partial charge >= 0.3 is 6.09 Å². The lowest BCUT2D eigenvalue weighted by atomic mass is 9.80. The Kier molecular flexibility index (Phi) is 3.08. The molecule has 2 rings (SSSR count). The van der Waals surface area contributed by atoms with E-state index in [2.05, 4.69) is 10.1 Å². The van der Waals surface area contributed by atoms with Gasteiger partial charge in [-0.15, -0.1) is 0 Å². The third-order valence-electron chi connectivity index (χ3n) is 2.99. The zero-order valence-electron chi connectivity index (χ0n) is 9.13. The molecule has 1 saturated carbocycles. The van der Waals surface area contributed by atoms with Gasteiger partial charge in [0.05, 0.1) is 12.8 Å². The molecule has 4 heteroatoms.